The maximum Gasteiger partial charge on any atom is 0.313 e. The summed E-state index contributed by atoms with van der Waals surface area (Å²) in [4.78, 5) is 27.1. The quantitative estimate of drug-likeness (QED) is 0.823. The van der Waals surface area contributed by atoms with Crippen molar-refractivity contribution in [3.8, 4) is 0 Å². The molecular formula is C20H29NO4. The van der Waals surface area contributed by atoms with Crippen LogP contribution in [-0.4, -0.2) is 48.7 Å². The van der Waals surface area contributed by atoms with Gasteiger partial charge < -0.3 is 14.7 Å². The summed E-state index contributed by atoms with van der Waals surface area (Å²) in [6.07, 6.45) is 2.59. The lowest BCUT2D eigenvalue weighted by Gasteiger charge is -2.43. The van der Waals surface area contributed by atoms with Crippen LogP contribution in [0.1, 0.15) is 45.1 Å². The third kappa shape index (κ3) is 3.56. The number of rotatable bonds is 7. The van der Waals surface area contributed by atoms with Crippen molar-refractivity contribution in [2.24, 2.45) is 5.41 Å². The molecule has 1 N–H and O–H groups in total. The molecule has 0 aliphatic carbocycles. The number of methoxy groups -OCH3 is 1. The highest BCUT2D eigenvalue weighted by Gasteiger charge is 2.47. The number of aliphatic carboxylic acids is 1. The molecule has 1 atom stereocenters. The number of amides is 1. The summed E-state index contributed by atoms with van der Waals surface area (Å²) in [5.74, 6) is -0.852. The van der Waals surface area contributed by atoms with Gasteiger partial charge in [-0.05, 0) is 31.2 Å². The third-order valence-electron chi connectivity index (χ3n) is 5.68. The fourth-order valence-electron chi connectivity index (χ4n) is 4.08. The van der Waals surface area contributed by atoms with Crippen molar-refractivity contribution in [3.05, 3.63) is 35.9 Å². The molecule has 5 nitrogen and oxygen atoms in total. The molecule has 5 heteroatoms. The minimum absolute atomic E-state index is 0.0325. The number of piperidine rings is 1. The molecule has 1 aromatic carbocycles. The van der Waals surface area contributed by atoms with E-state index >= 15 is 0 Å². The molecule has 0 radical (unpaired) electrons. The van der Waals surface area contributed by atoms with E-state index in [1.807, 2.05) is 44.2 Å². The maximum atomic E-state index is 13.5. The normalized spacial score (nSPS) is 21.2. The smallest absolute Gasteiger partial charge is 0.313 e. The van der Waals surface area contributed by atoms with Gasteiger partial charge in [-0.2, -0.15) is 0 Å². The minimum atomic E-state index is -1.01. The average Bonchev–Trinajstić information content (AvgIpc) is 2.64. The topological polar surface area (TPSA) is 66.8 Å². The van der Waals surface area contributed by atoms with E-state index in [4.69, 9.17) is 4.74 Å². The highest BCUT2D eigenvalue weighted by Crippen LogP contribution is 2.37. The molecule has 2 rings (SSSR count). The Bertz CT molecular complexity index is 593. The van der Waals surface area contributed by atoms with E-state index in [9.17, 15) is 14.7 Å². The van der Waals surface area contributed by atoms with E-state index in [2.05, 4.69) is 0 Å². The second kappa shape index (κ2) is 8.00. The van der Waals surface area contributed by atoms with Gasteiger partial charge in [0.25, 0.3) is 0 Å². The predicted octanol–water partition coefficient (Wildman–Crippen LogP) is 3.08. The van der Waals surface area contributed by atoms with Crippen molar-refractivity contribution in [1.82, 2.24) is 4.90 Å². The Morgan fingerprint density at radius 3 is 2.40 bits per heavy atom. The van der Waals surface area contributed by atoms with Gasteiger partial charge in [-0.15, -0.1) is 0 Å². The summed E-state index contributed by atoms with van der Waals surface area (Å²) in [5.41, 5.74) is -0.606. The van der Waals surface area contributed by atoms with Crippen molar-refractivity contribution in [1.29, 1.82) is 0 Å². The maximum absolute atomic E-state index is 13.5. The van der Waals surface area contributed by atoms with Crippen LogP contribution in [0, 0.1) is 5.41 Å². The molecule has 138 valence electrons. The first-order valence-corrected chi connectivity index (χ1v) is 9.03. The van der Waals surface area contributed by atoms with Crippen molar-refractivity contribution < 1.29 is 19.4 Å². The molecular weight excluding hydrogens is 318 g/mol. The van der Waals surface area contributed by atoms with Gasteiger partial charge in [0.05, 0.1) is 12.0 Å². The Balaban J connectivity index is 2.35. The summed E-state index contributed by atoms with van der Waals surface area (Å²) >= 11 is 0. The van der Waals surface area contributed by atoms with Gasteiger partial charge in [-0.1, -0.05) is 44.2 Å². The van der Waals surface area contributed by atoms with E-state index in [1.165, 1.54) is 7.11 Å². The predicted molar refractivity (Wildman–Crippen MR) is 96.5 cm³/mol. The van der Waals surface area contributed by atoms with Crippen molar-refractivity contribution in [2.75, 3.05) is 26.8 Å². The second-order valence-corrected chi connectivity index (χ2v) is 7.00. The molecule has 1 aliphatic rings. The summed E-state index contributed by atoms with van der Waals surface area (Å²) in [6, 6.07) is 9.83. The number of hydrogen-bond acceptors (Lipinski definition) is 3. The summed E-state index contributed by atoms with van der Waals surface area (Å²) in [5, 5.41) is 9.74. The van der Waals surface area contributed by atoms with Gasteiger partial charge in [0.15, 0.2) is 0 Å². The number of nitrogens with zero attached hydrogens (tertiary/aromatic N) is 1. The molecule has 1 aliphatic heterocycles. The number of likely N-dealkylation sites (tertiary alicyclic amines) is 1. The van der Waals surface area contributed by atoms with Crippen molar-refractivity contribution in [3.63, 3.8) is 0 Å². The fourth-order valence-corrected chi connectivity index (χ4v) is 4.08. The van der Waals surface area contributed by atoms with Crippen LogP contribution in [0.15, 0.2) is 30.3 Å². The molecule has 1 amide bonds. The molecule has 0 saturated carbocycles. The number of carbonyl (C=O) groups excluding carboxylic acids is 1. The SMILES string of the molecule is CCC(CC)(C(=O)N1CCCC(COC)(C(=O)O)C1)c1ccccc1. The third-order valence-corrected chi connectivity index (χ3v) is 5.68. The van der Waals surface area contributed by atoms with Crippen LogP contribution in [-0.2, 0) is 19.7 Å². The van der Waals surface area contributed by atoms with Gasteiger partial charge in [-0.25, -0.2) is 0 Å². The Hall–Kier alpha value is -1.88. The van der Waals surface area contributed by atoms with E-state index in [-0.39, 0.29) is 19.1 Å². The van der Waals surface area contributed by atoms with Crippen LogP contribution in [0.3, 0.4) is 0 Å². The van der Waals surface area contributed by atoms with Crippen LogP contribution in [0.5, 0.6) is 0 Å². The number of carboxylic acid groups (broad SMARTS) is 1. The Morgan fingerprint density at radius 2 is 1.88 bits per heavy atom. The second-order valence-electron chi connectivity index (χ2n) is 7.00. The lowest BCUT2D eigenvalue weighted by molar-refractivity contribution is -0.160. The molecule has 1 heterocycles. The highest BCUT2D eigenvalue weighted by molar-refractivity contribution is 5.89. The van der Waals surface area contributed by atoms with Crippen molar-refractivity contribution in [2.45, 2.75) is 44.9 Å². The lowest BCUT2D eigenvalue weighted by atomic mass is 9.73. The molecule has 0 spiro atoms. The zero-order chi connectivity index (χ0) is 18.5. The summed E-state index contributed by atoms with van der Waals surface area (Å²) < 4.78 is 5.18. The van der Waals surface area contributed by atoms with Crippen LogP contribution in [0.2, 0.25) is 0 Å². The van der Waals surface area contributed by atoms with Crippen LogP contribution in [0.4, 0.5) is 0 Å². The standard InChI is InChI=1S/C20H29NO4/c1-4-20(5-2,16-10-7-6-8-11-16)17(22)21-13-9-12-19(14-21,15-25-3)18(23)24/h6-8,10-11H,4-5,9,12-15H2,1-3H3,(H,23,24). The average molecular weight is 347 g/mol. The Labute approximate surface area is 150 Å². The van der Waals surface area contributed by atoms with Gasteiger partial charge >= 0.3 is 5.97 Å². The summed E-state index contributed by atoms with van der Waals surface area (Å²) in [7, 11) is 1.51. The number of carbonyl (C=O) groups is 2. The van der Waals surface area contributed by atoms with Crippen LogP contribution in [0.25, 0.3) is 0 Å². The Morgan fingerprint density at radius 1 is 1.24 bits per heavy atom. The van der Waals surface area contributed by atoms with E-state index in [0.717, 1.165) is 5.56 Å². The zero-order valence-corrected chi connectivity index (χ0v) is 15.5. The molecule has 1 fully saturated rings. The largest absolute Gasteiger partial charge is 0.481 e. The summed E-state index contributed by atoms with van der Waals surface area (Å²) in [6.45, 7) is 4.99. The molecule has 0 aromatic heterocycles. The molecule has 0 bridgehead atoms. The number of carboxylic acids is 1. The molecule has 1 saturated heterocycles. The van der Waals surface area contributed by atoms with Crippen molar-refractivity contribution >= 4 is 11.9 Å². The lowest BCUT2D eigenvalue weighted by Crippen LogP contribution is -2.56. The van der Waals surface area contributed by atoms with Gasteiger partial charge in [0.2, 0.25) is 5.91 Å². The number of hydrogen-bond donors (Lipinski definition) is 1. The first-order chi connectivity index (χ1) is 12.0. The number of ether oxygens (including phenoxy) is 1. The molecule has 25 heavy (non-hydrogen) atoms. The molecule has 1 unspecified atom stereocenters. The minimum Gasteiger partial charge on any atom is -0.481 e. The Kier molecular flexibility index (Phi) is 6.22. The zero-order valence-electron chi connectivity index (χ0n) is 15.5. The van der Waals surface area contributed by atoms with E-state index < -0.39 is 16.8 Å². The molecule has 1 aromatic rings. The monoisotopic (exact) mass is 347 g/mol. The van der Waals surface area contributed by atoms with Gasteiger partial charge in [0.1, 0.15) is 5.41 Å². The first-order valence-electron chi connectivity index (χ1n) is 9.03. The number of benzene rings is 1. The fraction of sp³-hybridized carbons (Fsp3) is 0.600. The van der Waals surface area contributed by atoms with Gasteiger partial charge in [-0.3, -0.25) is 9.59 Å². The van der Waals surface area contributed by atoms with E-state index in [0.29, 0.717) is 32.2 Å². The van der Waals surface area contributed by atoms with E-state index in [1.54, 1.807) is 4.90 Å². The highest BCUT2D eigenvalue weighted by atomic mass is 16.5. The van der Waals surface area contributed by atoms with Crippen LogP contribution < -0.4 is 0 Å². The van der Waals surface area contributed by atoms with Gasteiger partial charge in [0, 0.05) is 20.2 Å². The first kappa shape index (κ1) is 19.4. The van der Waals surface area contributed by atoms with Crippen LogP contribution >= 0.6 is 0 Å².